The highest BCUT2D eigenvalue weighted by Gasteiger charge is 2.22. The number of rotatable bonds is 8. The number of non-ortho nitro benzene ring substituents is 1. The average Bonchev–Trinajstić information content (AvgIpc) is 3.28. The molecule has 4 rings (SSSR count). The van der Waals surface area contributed by atoms with Crippen LogP contribution in [0.1, 0.15) is 40.3 Å². The lowest BCUT2D eigenvalue weighted by molar-refractivity contribution is -0.384. The van der Waals surface area contributed by atoms with E-state index in [4.69, 9.17) is 0 Å². The number of thioether (sulfide) groups is 1. The van der Waals surface area contributed by atoms with Crippen LogP contribution < -0.4 is 5.32 Å². The monoisotopic (exact) mass is 551 g/mol. The highest BCUT2D eigenvalue weighted by atomic mass is 79.9. The number of nitrogens with zero attached hydrogens (tertiary/aromatic N) is 4. The molecule has 0 spiro atoms. The van der Waals surface area contributed by atoms with Crippen molar-refractivity contribution in [3.8, 4) is 5.69 Å². The lowest BCUT2D eigenvalue weighted by Crippen LogP contribution is -2.28. The van der Waals surface area contributed by atoms with E-state index in [9.17, 15) is 14.9 Å². The minimum absolute atomic E-state index is 0.00548. The largest absolute Gasteiger partial charge is 0.342 e. The van der Waals surface area contributed by atoms with Gasteiger partial charge in [0, 0.05) is 33.6 Å². The second-order valence-corrected chi connectivity index (χ2v) is 9.73. The molecule has 178 valence electrons. The van der Waals surface area contributed by atoms with Gasteiger partial charge in [-0.15, -0.1) is 10.2 Å². The number of nitro groups is 1. The Bertz CT molecular complexity index is 1360. The highest BCUT2D eigenvalue weighted by molar-refractivity contribution is 9.10. The first-order chi connectivity index (χ1) is 16.8. The first-order valence-corrected chi connectivity index (χ1v) is 12.5. The number of aryl methyl sites for hydroxylation is 1. The van der Waals surface area contributed by atoms with Crippen LogP contribution in [-0.2, 0) is 5.75 Å². The second-order valence-electron chi connectivity index (χ2n) is 7.87. The van der Waals surface area contributed by atoms with E-state index in [1.807, 2.05) is 23.6 Å². The third kappa shape index (κ3) is 5.77. The maximum atomic E-state index is 12.8. The fraction of sp³-hybridized carbons (Fsp3) is 0.160. The number of hydrogen-bond acceptors (Lipinski definition) is 6. The van der Waals surface area contributed by atoms with Gasteiger partial charge in [-0.2, -0.15) is 0 Å². The van der Waals surface area contributed by atoms with Crippen molar-refractivity contribution in [1.82, 2.24) is 20.1 Å². The number of carbonyl (C=O) groups excluding carboxylic acids is 1. The Balaban J connectivity index is 1.65. The molecule has 0 aliphatic rings. The standard InChI is InChI=1S/C25H22BrN5O3S/c1-16-5-3-4-6-19(16)15-35-25-29-28-23(30(25)21-11-13-22(14-12-21)31(33)34)17(2)27-24(32)18-7-9-20(26)10-8-18/h3-14,17H,15H2,1-2H3,(H,27,32). The molecule has 0 aliphatic carbocycles. The first-order valence-electron chi connectivity index (χ1n) is 10.8. The van der Waals surface area contributed by atoms with Crippen LogP contribution in [0, 0.1) is 17.0 Å². The smallest absolute Gasteiger partial charge is 0.269 e. The fourth-order valence-corrected chi connectivity index (χ4v) is 4.78. The Hall–Kier alpha value is -3.50. The van der Waals surface area contributed by atoms with Gasteiger partial charge in [0.2, 0.25) is 0 Å². The van der Waals surface area contributed by atoms with Crippen molar-refractivity contribution in [3.63, 3.8) is 0 Å². The predicted molar refractivity (Wildman–Crippen MR) is 139 cm³/mol. The number of nitrogens with one attached hydrogen (secondary N) is 1. The SMILES string of the molecule is Cc1ccccc1CSc1nnc(C(C)NC(=O)c2ccc(Br)cc2)n1-c1ccc([N+](=O)[O-])cc1. The number of hydrogen-bond donors (Lipinski definition) is 1. The minimum Gasteiger partial charge on any atom is -0.342 e. The highest BCUT2D eigenvalue weighted by Crippen LogP contribution is 2.29. The van der Waals surface area contributed by atoms with Gasteiger partial charge in [-0.3, -0.25) is 19.5 Å². The summed E-state index contributed by atoms with van der Waals surface area (Å²) in [7, 11) is 0. The van der Waals surface area contributed by atoms with E-state index in [-0.39, 0.29) is 11.6 Å². The van der Waals surface area contributed by atoms with Crippen LogP contribution in [-0.4, -0.2) is 25.6 Å². The van der Waals surface area contributed by atoms with Crippen molar-refractivity contribution in [2.24, 2.45) is 0 Å². The zero-order valence-corrected chi connectivity index (χ0v) is 21.4. The fourth-order valence-electron chi connectivity index (χ4n) is 3.48. The summed E-state index contributed by atoms with van der Waals surface area (Å²) in [6.45, 7) is 3.89. The number of aromatic nitrogens is 3. The third-order valence-electron chi connectivity index (χ3n) is 5.44. The summed E-state index contributed by atoms with van der Waals surface area (Å²) in [5.74, 6) is 0.964. The van der Waals surface area contributed by atoms with Gasteiger partial charge < -0.3 is 5.32 Å². The Morgan fingerprint density at radius 1 is 1.09 bits per heavy atom. The molecule has 1 unspecified atom stereocenters. The summed E-state index contributed by atoms with van der Waals surface area (Å²) in [6, 6.07) is 20.9. The molecular weight excluding hydrogens is 530 g/mol. The van der Waals surface area contributed by atoms with Gasteiger partial charge in [-0.1, -0.05) is 52.0 Å². The molecule has 1 amide bonds. The zero-order valence-electron chi connectivity index (χ0n) is 19.0. The van der Waals surface area contributed by atoms with Crippen LogP contribution in [0.5, 0.6) is 0 Å². The Kier molecular flexibility index (Phi) is 7.62. The maximum Gasteiger partial charge on any atom is 0.269 e. The van der Waals surface area contributed by atoms with Gasteiger partial charge in [0.25, 0.3) is 11.6 Å². The van der Waals surface area contributed by atoms with Crippen molar-refractivity contribution in [3.05, 3.63) is 110 Å². The van der Waals surface area contributed by atoms with Crippen molar-refractivity contribution in [2.75, 3.05) is 0 Å². The normalized spacial score (nSPS) is 11.7. The van der Waals surface area contributed by atoms with Gasteiger partial charge in [0.1, 0.15) is 0 Å². The number of halogens is 1. The van der Waals surface area contributed by atoms with E-state index in [2.05, 4.69) is 50.5 Å². The maximum absolute atomic E-state index is 12.8. The van der Waals surface area contributed by atoms with Crippen molar-refractivity contribution in [1.29, 1.82) is 0 Å². The predicted octanol–water partition coefficient (Wildman–Crippen LogP) is 6.03. The Labute approximate surface area is 215 Å². The first kappa shape index (κ1) is 24.6. The summed E-state index contributed by atoms with van der Waals surface area (Å²) < 4.78 is 2.72. The average molecular weight is 552 g/mol. The second kappa shape index (κ2) is 10.8. The van der Waals surface area contributed by atoms with E-state index < -0.39 is 11.0 Å². The van der Waals surface area contributed by atoms with Crippen molar-refractivity contribution >= 4 is 39.3 Å². The Morgan fingerprint density at radius 3 is 2.43 bits per heavy atom. The molecule has 0 fully saturated rings. The number of carbonyl (C=O) groups is 1. The molecule has 0 aliphatic heterocycles. The zero-order chi connectivity index (χ0) is 24.9. The van der Waals surface area contributed by atoms with E-state index in [0.717, 1.165) is 4.47 Å². The lowest BCUT2D eigenvalue weighted by Gasteiger charge is -2.16. The van der Waals surface area contributed by atoms with Crippen LogP contribution in [0.25, 0.3) is 5.69 Å². The van der Waals surface area contributed by atoms with Gasteiger partial charge in [0.05, 0.1) is 11.0 Å². The molecule has 35 heavy (non-hydrogen) atoms. The van der Waals surface area contributed by atoms with Crippen LogP contribution in [0.2, 0.25) is 0 Å². The van der Waals surface area contributed by atoms with E-state index >= 15 is 0 Å². The van der Waals surface area contributed by atoms with Crippen LogP contribution >= 0.6 is 27.7 Å². The molecule has 0 bridgehead atoms. The summed E-state index contributed by atoms with van der Waals surface area (Å²) >= 11 is 4.88. The summed E-state index contributed by atoms with van der Waals surface area (Å²) in [4.78, 5) is 23.5. The molecule has 1 N–H and O–H groups in total. The lowest BCUT2D eigenvalue weighted by atomic mass is 10.1. The van der Waals surface area contributed by atoms with Crippen molar-refractivity contribution < 1.29 is 9.72 Å². The number of benzene rings is 3. The molecule has 1 atom stereocenters. The molecule has 0 radical (unpaired) electrons. The molecule has 0 saturated carbocycles. The van der Waals surface area contributed by atoms with Crippen LogP contribution in [0.15, 0.2) is 82.4 Å². The van der Waals surface area contributed by atoms with E-state index in [0.29, 0.717) is 28.0 Å². The summed E-state index contributed by atoms with van der Waals surface area (Å²) in [5.41, 5.74) is 3.54. The molecule has 1 aromatic heterocycles. The van der Waals surface area contributed by atoms with Crippen LogP contribution in [0.3, 0.4) is 0 Å². The molecule has 4 aromatic rings. The number of nitro benzene ring substituents is 1. The molecule has 1 heterocycles. The minimum atomic E-state index is -0.471. The summed E-state index contributed by atoms with van der Waals surface area (Å²) in [5, 5.41) is 23.5. The molecule has 3 aromatic carbocycles. The Morgan fingerprint density at radius 2 is 1.77 bits per heavy atom. The van der Waals surface area contributed by atoms with E-state index in [1.54, 1.807) is 36.4 Å². The van der Waals surface area contributed by atoms with Crippen LogP contribution in [0.4, 0.5) is 5.69 Å². The summed E-state index contributed by atoms with van der Waals surface area (Å²) in [6.07, 6.45) is 0. The van der Waals surface area contributed by atoms with Gasteiger partial charge >= 0.3 is 0 Å². The molecule has 10 heteroatoms. The molecular formula is C25H22BrN5O3S. The topological polar surface area (TPSA) is 103 Å². The van der Waals surface area contributed by atoms with E-state index in [1.165, 1.54) is 35.0 Å². The van der Waals surface area contributed by atoms with Gasteiger partial charge in [-0.05, 0) is 61.4 Å². The molecule has 0 saturated heterocycles. The van der Waals surface area contributed by atoms with Gasteiger partial charge in [-0.25, -0.2) is 0 Å². The molecule has 8 nitrogen and oxygen atoms in total. The number of amides is 1. The quantitative estimate of drug-likeness (QED) is 0.163. The van der Waals surface area contributed by atoms with Gasteiger partial charge in [0.15, 0.2) is 11.0 Å². The third-order valence-corrected chi connectivity index (χ3v) is 6.94. The van der Waals surface area contributed by atoms with Crippen molar-refractivity contribution in [2.45, 2.75) is 30.8 Å².